The van der Waals surface area contributed by atoms with Crippen LogP contribution in [0, 0.1) is 0 Å². The SMILES string of the molecule is CC(C)(C)OC(=O)NC1(/C=C/CO)CCOC1. The molecule has 1 aliphatic heterocycles. The summed E-state index contributed by atoms with van der Waals surface area (Å²) in [7, 11) is 0. The average Bonchev–Trinajstić information content (AvgIpc) is 2.60. The summed E-state index contributed by atoms with van der Waals surface area (Å²) in [5.41, 5.74) is -1.07. The fourth-order valence-corrected chi connectivity index (χ4v) is 1.64. The second-order valence-corrected chi connectivity index (χ2v) is 5.17. The summed E-state index contributed by atoms with van der Waals surface area (Å²) < 4.78 is 10.5. The van der Waals surface area contributed by atoms with Gasteiger partial charge in [-0.15, -0.1) is 0 Å². The minimum absolute atomic E-state index is 0.0578. The fourth-order valence-electron chi connectivity index (χ4n) is 1.64. The molecule has 1 heterocycles. The highest BCUT2D eigenvalue weighted by molar-refractivity contribution is 5.69. The molecule has 2 N–H and O–H groups in total. The van der Waals surface area contributed by atoms with Crippen LogP contribution in [0.4, 0.5) is 4.79 Å². The Hall–Kier alpha value is -1.07. The Labute approximate surface area is 102 Å². The van der Waals surface area contributed by atoms with Crippen LogP contribution in [-0.4, -0.2) is 42.2 Å². The summed E-state index contributed by atoms with van der Waals surface area (Å²) in [5, 5.41) is 11.6. The number of amides is 1. The maximum Gasteiger partial charge on any atom is 0.408 e. The van der Waals surface area contributed by atoms with E-state index in [9.17, 15) is 4.79 Å². The summed E-state index contributed by atoms with van der Waals surface area (Å²) >= 11 is 0. The maximum atomic E-state index is 11.7. The normalized spacial score (nSPS) is 25.2. The van der Waals surface area contributed by atoms with Crippen molar-refractivity contribution in [2.75, 3.05) is 19.8 Å². The second-order valence-electron chi connectivity index (χ2n) is 5.17. The molecule has 1 fully saturated rings. The molecule has 98 valence electrons. The molecule has 0 spiro atoms. The lowest BCUT2D eigenvalue weighted by Gasteiger charge is -2.27. The van der Waals surface area contributed by atoms with Crippen LogP contribution in [0.25, 0.3) is 0 Å². The Bertz CT molecular complexity index is 287. The van der Waals surface area contributed by atoms with E-state index in [0.29, 0.717) is 19.6 Å². The number of carbonyl (C=O) groups excluding carboxylic acids is 1. The van der Waals surface area contributed by atoms with Crippen LogP contribution in [0.1, 0.15) is 27.2 Å². The third-order valence-electron chi connectivity index (χ3n) is 2.34. The van der Waals surface area contributed by atoms with E-state index in [1.54, 1.807) is 12.2 Å². The predicted octanol–water partition coefficient (Wildman–Crippen LogP) is 1.22. The number of alkyl carbamates (subject to hydrolysis) is 1. The van der Waals surface area contributed by atoms with Gasteiger partial charge < -0.3 is 19.9 Å². The van der Waals surface area contributed by atoms with E-state index in [0.717, 1.165) is 0 Å². The highest BCUT2D eigenvalue weighted by atomic mass is 16.6. The van der Waals surface area contributed by atoms with Gasteiger partial charge in [-0.3, -0.25) is 0 Å². The Morgan fingerprint density at radius 2 is 2.29 bits per heavy atom. The molecule has 1 rings (SSSR count). The van der Waals surface area contributed by atoms with E-state index in [4.69, 9.17) is 14.6 Å². The molecule has 1 unspecified atom stereocenters. The minimum atomic E-state index is -0.551. The van der Waals surface area contributed by atoms with E-state index in [1.807, 2.05) is 20.8 Å². The van der Waals surface area contributed by atoms with Gasteiger partial charge in [0.15, 0.2) is 0 Å². The predicted molar refractivity (Wildman–Crippen MR) is 63.8 cm³/mol. The van der Waals surface area contributed by atoms with Crippen molar-refractivity contribution in [3.05, 3.63) is 12.2 Å². The molecule has 0 aliphatic carbocycles. The Kier molecular flexibility index (Phi) is 4.54. The van der Waals surface area contributed by atoms with Crippen LogP contribution in [0.2, 0.25) is 0 Å². The number of rotatable bonds is 3. The standard InChI is InChI=1S/C12H21NO4/c1-11(2,3)17-10(15)13-12(5-4-7-14)6-8-16-9-12/h4-5,14H,6-9H2,1-3H3,(H,13,15)/b5-4+. The number of nitrogens with one attached hydrogen (secondary N) is 1. The Morgan fingerprint density at radius 3 is 2.76 bits per heavy atom. The topological polar surface area (TPSA) is 67.8 Å². The monoisotopic (exact) mass is 243 g/mol. The van der Waals surface area contributed by atoms with E-state index in [2.05, 4.69) is 5.32 Å². The summed E-state index contributed by atoms with van der Waals surface area (Å²) in [6.07, 6.45) is 3.59. The van der Waals surface area contributed by atoms with Crippen molar-refractivity contribution in [2.45, 2.75) is 38.3 Å². The lowest BCUT2D eigenvalue weighted by Crippen LogP contribution is -2.49. The molecule has 0 radical (unpaired) electrons. The molecular formula is C12H21NO4. The molecule has 5 heteroatoms. The third kappa shape index (κ3) is 4.75. The highest BCUT2D eigenvalue weighted by Gasteiger charge is 2.35. The third-order valence-corrected chi connectivity index (χ3v) is 2.34. The molecule has 17 heavy (non-hydrogen) atoms. The maximum absolute atomic E-state index is 11.7. The van der Waals surface area contributed by atoms with Gasteiger partial charge in [0.05, 0.1) is 18.8 Å². The Morgan fingerprint density at radius 1 is 1.59 bits per heavy atom. The summed E-state index contributed by atoms with van der Waals surface area (Å²) in [6.45, 7) is 6.38. The first-order valence-corrected chi connectivity index (χ1v) is 5.74. The molecule has 1 atom stereocenters. The van der Waals surface area contributed by atoms with Crippen molar-refractivity contribution >= 4 is 6.09 Å². The first kappa shape index (κ1) is 14.0. The van der Waals surface area contributed by atoms with Gasteiger partial charge in [0.1, 0.15) is 5.60 Å². The first-order valence-electron chi connectivity index (χ1n) is 5.74. The number of carbonyl (C=O) groups is 1. The molecule has 0 bridgehead atoms. The van der Waals surface area contributed by atoms with Crippen LogP contribution in [0.3, 0.4) is 0 Å². The average molecular weight is 243 g/mol. The van der Waals surface area contributed by atoms with E-state index in [1.165, 1.54) is 0 Å². The van der Waals surface area contributed by atoms with E-state index in [-0.39, 0.29) is 6.61 Å². The largest absolute Gasteiger partial charge is 0.444 e. The molecular weight excluding hydrogens is 222 g/mol. The van der Waals surface area contributed by atoms with Crippen molar-refractivity contribution in [2.24, 2.45) is 0 Å². The number of aliphatic hydroxyl groups is 1. The van der Waals surface area contributed by atoms with Gasteiger partial charge in [-0.25, -0.2) is 4.79 Å². The lowest BCUT2D eigenvalue weighted by atomic mass is 9.98. The van der Waals surface area contributed by atoms with Gasteiger partial charge in [0.2, 0.25) is 0 Å². The molecule has 1 amide bonds. The van der Waals surface area contributed by atoms with Crippen LogP contribution < -0.4 is 5.32 Å². The van der Waals surface area contributed by atoms with Crippen molar-refractivity contribution in [3.63, 3.8) is 0 Å². The smallest absolute Gasteiger partial charge is 0.408 e. The molecule has 1 saturated heterocycles. The number of aliphatic hydroxyl groups excluding tert-OH is 1. The molecule has 0 aromatic carbocycles. The molecule has 0 aromatic rings. The minimum Gasteiger partial charge on any atom is -0.444 e. The van der Waals surface area contributed by atoms with Gasteiger partial charge >= 0.3 is 6.09 Å². The van der Waals surface area contributed by atoms with Crippen molar-refractivity contribution in [1.82, 2.24) is 5.32 Å². The van der Waals surface area contributed by atoms with Crippen molar-refractivity contribution in [3.8, 4) is 0 Å². The summed E-state index contributed by atoms with van der Waals surface area (Å²) in [6, 6.07) is 0. The van der Waals surface area contributed by atoms with Crippen molar-refractivity contribution < 1.29 is 19.4 Å². The van der Waals surface area contributed by atoms with Gasteiger partial charge in [-0.2, -0.15) is 0 Å². The van der Waals surface area contributed by atoms with Crippen LogP contribution in [0.5, 0.6) is 0 Å². The highest BCUT2D eigenvalue weighted by Crippen LogP contribution is 2.21. The van der Waals surface area contributed by atoms with Crippen LogP contribution in [0.15, 0.2) is 12.2 Å². The zero-order valence-corrected chi connectivity index (χ0v) is 10.7. The molecule has 1 aliphatic rings. The van der Waals surface area contributed by atoms with Gasteiger partial charge in [0, 0.05) is 6.61 Å². The van der Waals surface area contributed by atoms with Gasteiger partial charge in [-0.05, 0) is 27.2 Å². The lowest BCUT2D eigenvalue weighted by molar-refractivity contribution is 0.0468. The van der Waals surface area contributed by atoms with Crippen LogP contribution >= 0.6 is 0 Å². The zero-order valence-electron chi connectivity index (χ0n) is 10.7. The number of hydrogen-bond acceptors (Lipinski definition) is 4. The zero-order chi connectivity index (χ0) is 12.9. The summed E-state index contributed by atoms with van der Waals surface area (Å²) in [4.78, 5) is 11.7. The quantitative estimate of drug-likeness (QED) is 0.731. The second kappa shape index (κ2) is 5.51. The fraction of sp³-hybridized carbons (Fsp3) is 0.750. The molecule has 0 aromatic heterocycles. The van der Waals surface area contributed by atoms with Gasteiger partial charge in [0.25, 0.3) is 0 Å². The van der Waals surface area contributed by atoms with E-state index >= 15 is 0 Å². The summed E-state index contributed by atoms with van der Waals surface area (Å²) in [5.74, 6) is 0. The van der Waals surface area contributed by atoms with E-state index < -0.39 is 17.2 Å². The van der Waals surface area contributed by atoms with Crippen molar-refractivity contribution in [1.29, 1.82) is 0 Å². The number of hydrogen-bond donors (Lipinski definition) is 2. The molecule has 0 saturated carbocycles. The molecule has 5 nitrogen and oxygen atoms in total. The van der Waals surface area contributed by atoms with Crippen LogP contribution in [-0.2, 0) is 9.47 Å². The number of ether oxygens (including phenoxy) is 2. The first-order chi connectivity index (χ1) is 7.87. The Balaban J connectivity index is 2.61. The van der Waals surface area contributed by atoms with Gasteiger partial charge in [-0.1, -0.05) is 12.2 Å².